The van der Waals surface area contributed by atoms with Gasteiger partial charge in [-0.2, -0.15) is 9.44 Å². The molecule has 0 aliphatic heterocycles. The first kappa shape index (κ1) is 11.8. The molecule has 0 spiro atoms. The third-order valence-electron chi connectivity index (χ3n) is 2.23. The Morgan fingerprint density at radius 1 is 1.29 bits per heavy atom. The lowest BCUT2D eigenvalue weighted by Crippen LogP contribution is -2.08. The number of rotatable bonds is 3. The Labute approximate surface area is 100.0 Å². The first-order valence-corrected chi connectivity index (χ1v) is 6.39. The zero-order valence-corrected chi connectivity index (χ0v) is 10.7. The van der Waals surface area contributed by atoms with Gasteiger partial charge in [-0.1, -0.05) is 30.3 Å². The molecule has 0 radical (unpaired) electrons. The molecule has 0 aliphatic rings. The summed E-state index contributed by atoms with van der Waals surface area (Å²) < 4.78 is 14.7. The average Bonchev–Trinajstić information content (AvgIpc) is 2.71. The smallest absolute Gasteiger partial charge is 0.250 e. The van der Waals surface area contributed by atoms with Crippen LogP contribution in [0.2, 0.25) is 0 Å². The average molecular weight is 251 g/mol. The van der Waals surface area contributed by atoms with Crippen molar-refractivity contribution in [3.63, 3.8) is 0 Å². The normalized spacial score (nSPS) is 12.9. The van der Waals surface area contributed by atoms with Crippen molar-refractivity contribution < 1.29 is 4.57 Å². The minimum Gasteiger partial charge on any atom is -0.368 e. The fraction of sp³-hybridized carbons (Fsp3) is 0.200. The molecule has 0 amide bonds. The third-order valence-corrected chi connectivity index (χ3v) is 3.68. The summed E-state index contributed by atoms with van der Waals surface area (Å²) in [6.45, 7) is 0. The molecule has 1 heterocycles. The fourth-order valence-corrected chi connectivity index (χ4v) is 2.17. The molecule has 17 heavy (non-hydrogen) atoms. The predicted molar refractivity (Wildman–Crippen MR) is 68.0 cm³/mol. The molecule has 7 heteroatoms. The van der Waals surface area contributed by atoms with Gasteiger partial charge in [0, 0.05) is 5.56 Å². The molecule has 1 unspecified atom stereocenters. The summed E-state index contributed by atoms with van der Waals surface area (Å²) in [5.74, 6) is 0.657. The van der Waals surface area contributed by atoms with Gasteiger partial charge in [-0.25, -0.2) is 4.67 Å². The first-order chi connectivity index (χ1) is 8.09. The number of nitrogens with two attached hydrogens (primary N) is 1. The van der Waals surface area contributed by atoms with Gasteiger partial charge in [-0.3, -0.25) is 4.57 Å². The molecular weight excluding hydrogens is 237 g/mol. The van der Waals surface area contributed by atoms with Gasteiger partial charge in [0.1, 0.15) is 0 Å². The van der Waals surface area contributed by atoms with Crippen LogP contribution in [-0.2, 0) is 4.57 Å². The molecule has 6 nitrogen and oxygen atoms in total. The molecule has 1 aromatic heterocycles. The Bertz CT molecular complexity index is 537. The lowest BCUT2D eigenvalue weighted by Gasteiger charge is -2.09. The van der Waals surface area contributed by atoms with E-state index in [0.717, 1.165) is 5.56 Å². The topological polar surface area (TPSA) is 77.0 Å². The predicted octanol–water partition coefficient (Wildman–Crippen LogP) is 1.33. The molecule has 1 aromatic carbocycles. The zero-order chi connectivity index (χ0) is 12.4. The minimum atomic E-state index is -2.20. The summed E-state index contributed by atoms with van der Waals surface area (Å²) in [6, 6.07) is 9.45. The molecule has 0 saturated heterocycles. The standard InChI is InChI=1S/C10H14N5OP/c1-14(2)17(16)15-10(11)12-9(13-15)8-6-4-3-5-7-8/h3-7,17H,1-2H3,(H2,11,12,13). The lowest BCUT2D eigenvalue weighted by molar-refractivity contribution is 0.522. The summed E-state index contributed by atoms with van der Waals surface area (Å²) in [5, 5.41) is 4.17. The van der Waals surface area contributed by atoms with Crippen LogP contribution in [-0.4, -0.2) is 33.3 Å². The maximum Gasteiger partial charge on any atom is 0.250 e. The molecule has 2 N–H and O–H groups in total. The number of hydrogen-bond acceptors (Lipinski definition) is 4. The van der Waals surface area contributed by atoms with Gasteiger partial charge in [-0.05, 0) is 14.1 Å². The summed E-state index contributed by atoms with van der Waals surface area (Å²) in [6.07, 6.45) is 0. The van der Waals surface area contributed by atoms with Crippen molar-refractivity contribution >= 4 is 14.1 Å². The SMILES string of the molecule is CN(C)[PH](=O)n1nc(-c2ccccc2)nc1N. The maximum absolute atomic E-state index is 11.9. The summed E-state index contributed by atoms with van der Waals surface area (Å²) in [5.41, 5.74) is 6.56. The quantitative estimate of drug-likeness (QED) is 0.832. The van der Waals surface area contributed by atoms with Crippen LogP contribution in [0.4, 0.5) is 5.95 Å². The number of nitrogens with zero attached hydrogens (tertiary/aromatic N) is 4. The van der Waals surface area contributed by atoms with Crippen molar-refractivity contribution in [3.8, 4) is 11.4 Å². The van der Waals surface area contributed by atoms with E-state index in [2.05, 4.69) is 10.1 Å². The van der Waals surface area contributed by atoms with E-state index in [1.807, 2.05) is 30.3 Å². The van der Waals surface area contributed by atoms with Crippen LogP contribution in [0.3, 0.4) is 0 Å². The molecule has 0 saturated carbocycles. The second-order valence-electron chi connectivity index (χ2n) is 3.75. The van der Waals surface area contributed by atoms with Crippen molar-refractivity contribution in [3.05, 3.63) is 30.3 Å². The highest BCUT2D eigenvalue weighted by molar-refractivity contribution is 7.40. The molecule has 2 rings (SSSR count). The number of nitrogen functional groups attached to an aromatic ring is 1. The van der Waals surface area contributed by atoms with E-state index in [9.17, 15) is 4.57 Å². The lowest BCUT2D eigenvalue weighted by atomic mass is 10.2. The molecule has 90 valence electrons. The van der Waals surface area contributed by atoms with Crippen LogP contribution in [0.1, 0.15) is 0 Å². The van der Waals surface area contributed by atoms with Crippen LogP contribution in [0.25, 0.3) is 11.4 Å². The maximum atomic E-state index is 11.9. The van der Waals surface area contributed by atoms with Gasteiger partial charge in [0.25, 0.3) is 0 Å². The van der Waals surface area contributed by atoms with E-state index in [0.29, 0.717) is 5.82 Å². The number of aromatic nitrogens is 3. The van der Waals surface area contributed by atoms with E-state index >= 15 is 0 Å². The molecule has 2 aromatic rings. The van der Waals surface area contributed by atoms with Crippen LogP contribution in [0.15, 0.2) is 30.3 Å². The second kappa shape index (κ2) is 4.69. The van der Waals surface area contributed by atoms with Gasteiger partial charge in [-0.15, -0.1) is 5.10 Å². The van der Waals surface area contributed by atoms with Crippen molar-refractivity contribution in [2.45, 2.75) is 0 Å². The minimum absolute atomic E-state index is 0.168. The van der Waals surface area contributed by atoms with Crippen LogP contribution < -0.4 is 5.73 Å². The van der Waals surface area contributed by atoms with E-state index in [1.165, 1.54) is 4.45 Å². The second-order valence-corrected chi connectivity index (χ2v) is 5.63. The van der Waals surface area contributed by atoms with Gasteiger partial charge in [0.2, 0.25) is 14.1 Å². The number of anilines is 1. The highest BCUT2D eigenvalue weighted by Gasteiger charge is 2.14. The summed E-state index contributed by atoms with van der Waals surface area (Å²) >= 11 is 0. The third kappa shape index (κ3) is 2.38. The van der Waals surface area contributed by atoms with Gasteiger partial charge in [0.15, 0.2) is 5.82 Å². The Hall–Kier alpha value is -1.65. The van der Waals surface area contributed by atoms with Crippen molar-refractivity contribution in [2.75, 3.05) is 19.8 Å². The summed E-state index contributed by atoms with van der Waals surface area (Å²) in [4.78, 5) is 4.11. The number of benzene rings is 1. The highest BCUT2D eigenvalue weighted by Crippen LogP contribution is 2.29. The van der Waals surface area contributed by atoms with Crippen LogP contribution in [0, 0.1) is 0 Å². The number of hydrogen-bond donors (Lipinski definition) is 1. The van der Waals surface area contributed by atoms with Gasteiger partial charge < -0.3 is 5.73 Å². The Morgan fingerprint density at radius 3 is 2.53 bits per heavy atom. The fourth-order valence-electron chi connectivity index (χ4n) is 1.36. The Balaban J connectivity index is 2.41. The largest absolute Gasteiger partial charge is 0.368 e. The van der Waals surface area contributed by atoms with E-state index in [4.69, 9.17) is 5.73 Å². The Morgan fingerprint density at radius 2 is 1.94 bits per heavy atom. The molecule has 0 fully saturated rings. The first-order valence-electron chi connectivity index (χ1n) is 5.09. The van der Waals surface area contributed by atoms with Gasteiger partial charge in [0.05, 0.1) is 0 Å². The van der Waals surface area contributed by atoms with Crippen molar-refractivity contribution in [1.29, 1.82) is 0 Å². The van der Waals surface area contributed by atoms with Crippen molar-refractivity contribution in [2.24, 2.45) is 0 Å². The monoisotopic (exact) mass is 251 g/mol. The highest BCUT2D eigenvalue weighted by atomic mass is 31.1. The molecule has 1 atom stereocenters. The van der Waals surface area contributed by atoms with E-state index in [-0.39, 0.29) is 5.95 Å². The van der Waals surface area contributed by atoms with Gasteiger partial charge >= 0.3 is 0 Å². The summed E-state index contributed by atoms with van der Waals surface area (Å²) in [7, 11) is 1.23. The van der Waals surface area contributed by atoms with Crippen LogP contribution in [0.5, 0.6) is 0 Å². The molecule has 0 bridgehead atoms. The van der Waals surface area contributed by atoms with Crippen molar-refractivity contribution in [1.82, 2.24) is 19.2 Å². The van der Waals surface area contributed by atoms with E-state index < -0.39 is 8.10 Å². The van der Waals surface area contributed by atoms with Crippen LogP contribution >= 0.6 is 8.10 Å². The molecular formula is C10H14N5OP. The zero-order valence-electron chi connectivity index (χ0n) is 9.66. The van der Waals surface area contributed by atoms with E-state index in [1.54, 1.807) is 18.8 Å². The molecule has 0 aliphatic carbocycles. The Kier molecular flexibility index (Phi) is 3.26.